The van der Waals surface area contributed by atoms with Gasteiger partial charge in [0.1, 0.15) is 5.60 Å². The van der Waals surface area contributed by atoms with Crippen molar-refractivity contribution in [1.82, 2.24) is 10.2 Å². The summed E-state index contributed by atoms with van der Waals surface area (Å²) in [6.07, 6.45) is -0.227. The minimum atomic E-state index is -0.612. The van der Waals surface area contributed by atoms with Gasteiger partial charge in [0.05, 0.1) is 17.2 Å². The highest BCUT2D eigenvalue weighted by Crippen LogP contribution is 2.34. The molecule has 2 aromatic carbocycles. The third-order valence-corrected chi connectivity index (χ3v) is 4.69. The van der Waals surface area contributed by atoms with Gasteiger partial charge in [0.25, 0.3) is 11.8 Å². The van der Waals surface area contributed by atoms with Crippen molar-refractivity contribution in [3.05, 3.63) is 70.2 Å². The molecule has 29 heavy (non-hydrogen) atoms. The third-order valence-electron chi connectivity index (χ3n) is 4.46. The van der Waals surface area contributed by atoms with Crippen molar-refractivity contribution in [1.29, 1.82) is 0 Å². The maximum atomic E-state index is 13.0. The Labute approximate surface area is 174 Å². The van der Waals surface area contributed by atoms with Crippen LogP contribution in [0.15, 0.2) is 48.5 Å². The van der Waals surface area contributed by atoms with Gasteiger partial charge in [-0.3, -0.25) is 14.5 Å². The van der Waals surface area contributed by atoms with Crippen LogP contribution in [0.4, 0.5) is 4.79 Å². The normalized spacial score (nSPS) is 14.6. The molecule has 3 rings (SSSR count). The molecule has 1 N–H and O–H groups in total. The highest BCUT2D eigenvalue weighted by molar-refractivity contribution is 6.30. The van der Waals surface area contributed by atoms with Crippen molar-refractivity contribution < 1.29 is 19.1 Å². The van der Waals surface area contributed by atoms with Crippen molar-refractivity contribution in [3.63, 3.8) is 0 Å². The van der Waals surface area contributed by atoms with E-state index < -0.39 is 17.7 Å². The predicted octanol–water partition coefficient (Wildman–Crippen LogP) is 4.59. The van der Waals surface area contributed by atoms with Gasteiger partial charge in [-0.25, -0.2) is 4.79 Å². The van der Waals surface area contributed by atoms with E-state index in [0.29, 0.717) is 22.6 Å². The number of ether oxygens (including phenoxy) is 1. The Kier molecular flexibility index (Phi) is 5.94. The minimum Gasteiger partial charge on any atom is -0.444 e. The van der Waals surface area contributed by atoms with Crippen molar-refractivity contribution in [2.24, 2.45) is 0 Å². The van der Waals surface area contributed by atoms with E-state index in [4.69, 9.17) is 16.3 Å². The van der Waals surface area contributed by atoms with Crippen LogP contribution < -0.4 is 5.32 Å². The molecule has 6 nitrogen and oxygen atoms in total. The monoisotopic (exact) mass is 414 g/mol. The molecule has 0 unspecified atom stereocenters. The molecule has 1 aliphatic heterocycles. The molecule has 1 aliphatic rings. The van der Waals surface area contributed by atoms with Crippen molar-refractivity contribution >= 4 is 29.5 Å². The summed E-state index contributed by atoms with van der Waals surface area (Å²) in [4.78, 5) is 39.1. The summed E-state index contributed by atoms with van der Waals surface area (Å²) in [7, 11) is 0. The zero-order valence-corrected chi connectivity index (χ0v) is 17.3. The van der Waals surface area contributed by atoms with E-state index in [2.05, 4.69) is 5.32 Å². The van der Waals surface area contributed by atoms with Gasteiger partial charge in [-0.2, -0.15) is 0 Å². The van der Waals surface area contributed by atoms with E-state index in [0.717, 1.165) is 5.56 Å². The molecule has 1 atom stereocenters. The zero-order chi connectivity index (χ0) is 21.2. The maximum Gasteiger partial charge on any atom is 0.407 e. The molecule has 1 heterocycles. The number of imide groups is 1. The van der Waals surface area contributed by atoms with Crippen LogP contribution in [0, 0.1) is 0 Å². The minimum absolute atomic E-state index is 0.222. The first-order chi connectivity index (χ1) is 13.7. The molecule has 0 saturated heterocycles. The van der Waals surface area contributed by atoms with Crippen LogP contribution >= 0.6 is 11.6 Å². The van der Waals surface area contributed by atoms with Gasteiger partial charge < -0.3 is 10.1 Å². The quantitative estimate of drug-likeness (QED) is 0.726. The van der Waals surface area contributed by atoms with E-state index in [1.54, 1.807) is 63.2 Å². The lowest BCUT2D eigenvalue weighted by Crippen LogP contribution is -2.38. The van der Waals surface area contributed by atoms with Crippen LogP contribution in [0.5, 0.6) is 0 Å². The number of halogens is 1. The van der Waals surface area contributed by atoms with E-state index in [9.17, 15) is 14.4 Å². The number of hydrogen-bond acceptors (Lipinski definition) is 4. The average molecular weight is 415 g/mol. The van der Waals surface area contributed by atoms with Crippen LogP contribution in [0.25, 0.3) is 0 Å². The first-order valence-electron chi connectivity index (χ1n) is 9.36. The van der Waals surface area contributed by atoms with Gasteiger partial charge in [0.2, 0.25) is 0 Å². The van der Waals surface area contributed by atoms with Gasteiger partial charge in [-0.15, -0.1) is 0 Å². The Morgan fingerprint density at radius 2 is 1.69 bits per heavy atom. The summed E-state index contributed by atoms with van der Waals surface area (Å²) in [5.74, 6) is -0.708. The predicted molar refractivity (Wildman–Crippen MR) is 110 cm³/mol. The Bertz CT molecular complexity index is 917. The summed E-state index contributed by atoms with van der Waals surface area (Å²) < 4.78 is 5.24. The number of benzene rings is 2. The fourth-order valence-electron chi connectivity index (χ4n) is 3.27. The second-order valence-electron chi connectivity index (χ2n) is 7.81. The van der Waals surface area contributed by atoms with Crippen LogP contribution in [0.1, 0.15) is 59.5 Å². The largest absolute Gasteiger partial charge is 0.444 e. The van der Waals surface area contributed by atoms with Crippen molar-refractivity contribution in [2.75, 3.05) is 6.54 Å². The Balaban J connectivity index is 1.83. The number of amides is 3. The lowest BCUT2D eigenvalue weighted by Gasteiger charge is -2.27. The van der Waals surface area contributed by atoms with Gasteiger partial charge >= 0.3 is 6.09 Å². The zero-order valence-electron chi connectivity index (χ0n) is 16.6. The fraction of sp³-hybridized carbons (Fsp3) is 0.318. The molecule has 0 bridgehead atoms. The summed E-state index contributed by atoms with van der Waals surface area (Å²) in [6, 6.07) is 13.2. The summed E-state index contributed by atoms with van der Waals surface area (Å²) in [5, 5.41) is 3.19. The molecular weight excluding hydrogens is 392 g/mol. The first kappa shape index (κ1) is 20.9. The molecular formula is C22H23ClN2O4. The first-order valence-corrected chi connectivity index (χ1v) is 9.74. The Morgan fingerprint density at radius 1 is 1.07 bits per heavy atom. The van der Waals surface area contributed by atoms with Crippen LogP contribution in [-0.2, 0) is 4.74 Å². The van der Waals surface area contributed by atoms with Crippen molar-refractivity contribution in [2.45, 2.75) is 38.8 Å². The van der Waals surface area contributed by atoms with Gasteiger partial charge in [0, 0.05) is 11.6 Å². The van der Waals surface area contributed by atoms with Crippen LogP contribution in [-0.4, -0.2) is 35.0 Å². The molecule has 0 radical (unpaired) electrons. The molecule has 3 amide bonds. The number of nitrogens with zero attached hydrogens (tertiary/aromatic N) is 1. The van der Waals surface area contributed by atoms with Crippen molar-refractivity contribution in [3.8, 4) is 0 Å². The third kappa shape index (κ3) is 4.77. The molecule has 7 heteroatoms. The van der Waals surface area contributed by atoms with Crippen LogP contribution in [0.2, 0.25) is 5.02 Å². The lowest BCUT2D eigenvalue weighted by molar-refractivity contribution is 0.0517. The molecule has 0 fully saturated rings. The molecule has 0 spiro atoms. The Hall–Kier alpha value is -2.86. The topological polar surface area (TPSA) is 75.7 Å². The van der Waals surface area contributed by atoms with E-state index in [-0.39, 0.29) is 18.4 Å². The summed E-state index contributed by atoms with van der Waals surface area (Å²) in [6.45, 7) is 5.56. The standard InChI is InChI=1S/C22H23ClN2O4/c1-22(2,3)29-21(28)24-12-11-18(14-7-6-8-15(23)13-14)25-19(26)16-9-4-5-10-17(16)20(25)27/h4-10,13,18H,11-12H2,1-3H3,(H,24,28)/t18-/m0/s1. The average Bonchev–Trinajstić information content (AvgIpc) is 2.89. The molecule has 152 valence electrons. The number of carbonyl (C=O) groups is 3. The highest BCUT2D eigenvalue weighted by atomic mass is 35.5. The molecule has 0 saturated carbocycles. The van der Waals surface area contributed by atoms with E-state index in [1.807, 2.05) is 6.07 Å². The molecule has 0 aromatic heterocycles. The number of hydrogen-bond donors (Lipinski definition) is 1. The molecule has 2 aromatic rings. The maximum absolute atomic E-state index is 13.0. The highest BCUT2D eigenvalue weighted by Gasteiger charge is 2.40. The Morgan fingerprint density at radius 3 is 2.24 bits per heavy atom. The number of carbonyl (C=O) groups excluding carboxylic acids is 3. The van der Waals surface area contributed by atoms with Crippen LogP contribution in [0.3, 0.4) is 0 Å². The summed E-state index contributed by atoms with van der Waals surface area (Å²) in [5.41, 5.74) is 0.867. The van der Waals surface area contributed by atoms with Gasteiger partial charge in [0.15, 0.2) is 0 Å². The molecule has 0 aliphatic carbocycles. The number of fused-ring (bicyclic) bond motifs is 1. The van der Waals surface area contributed by atoms with E-state index in [1.165, 1.54) is 4.90 Å². The lowest BCUT2D eigenvalue weighted by atomic mass is 10.0. The second-order valence-corrected chi connectivity index (χ2v) is 8.25. The second kappa shape index (κ2) is 8.25. The van der Waals surface area contributed by atoms with Gasteiger partial charge in [-0.1, -0.05) is 35.9 Å². The smallest absolute Gasteiger partial charge is 0.407 e. The SMILES string of the molecule is CC(C)(C)OC(=O)NCC[C@@H](c1cccc(Cl)c1)N1C(=O)c2ccccc2C1=O. The number of nitrogens with one attached hydrogen (secondary N) is 1. The fourth-order valence-corrected chi connectivity index (χ4v) is 3.47. The summed E-state index contributed by atoms with van der Waals surface area (Å²) >= 11 is 6.14. The number of alkyl carbamates (subject to hydrolysis) is 1. The van der Waals surface area contributed by atoms with E-state index >= 15 is 0 Å². The van der Waals surface area contributed by atoms with Gasteiger partial charge in [-0.05, 0) is 57.0 Å². The number of rotatable bonds is 5.